The highest BCUT2D eigenvalue weighted by atomic mass is 32.2. The van der Waals surface area contributed by atoms with Crippen molar-refractivity contribution in [3.8, 4) is 5.69 Å². The number of primary amides is 1. The second kappa shape index (κ2) is 7.90. The van der Waals surface area contributed by atoms with Crippen LogP contribution in [0.15, 0.2) is 29.4 Å². The molecule has 1 aromatic carbocycles. The molecule has 138 valence electrons. The van der Waals surface area contributed by atoms with Crippen molar-refractivity contribution in [3.05, 3.63) is 35.7 Å². The minimum atomic E-state index is -0.493. The molecule has 1 atom stereocenters. The Morgan fingerprint density at radius 3 is 2.73 bits per heavy atom. The van der Waals surface area contributed by atoms with Crippen molar-refractivity contribution < 1.29 is 9.59 Å². The monoisotopic (exact) mass is 373 g/mol. The van der Waals surface area contributed by atoms with Crippen molar-refractivity contribution in [2.45, 2.75) is 44.3 Å². The van der Waals surface area contributed by atoms with Crippen molar-refractivity contribution in [1.82, 2.24) is 19.7 Å². The number of amides is 2. The molecule has 0 bridgehead atoms. The SMILES string of the molecule is Cc1ccccc1-n1c(C)nnc1SCC(=O)N1CCCCC1C(N)=O. The molecule has 1 saturated heterocycles. The molecule has 0 spiro atoms. The molecule has 8 heteroatoms. The smallest absolute Gasteiger partial charge is 0.240 e. The minimum Gasteiger partial charge on any atom is -0.368 e. The summed E-state index contributed by atoms with van der Waals surface area (Å²) in [7, 11) is 0. The molecule has 1 fully saturated rings. The normalized spacial score (nSPS) is 17.3. The number of thioether (sulfide) groups is 1. The second-order valence-corrected chi connectivity index (χ2v) is 7.38. The molecular weight excluding hydrogens is 350 g/mol. The van der Waals surface area contributed by atoms with Crippen molar-refractivity contribution in [2.24, 2.45) is 5.73 Å². The van der Waals surface area contributed by atoms with Crippen LogP contribution >= 0.6 is 11.8 Å². The topological polar surface area (TPSA) is 94.1 Å². The maximum atomic E-state index is 12.6. The van der Waals surface area contributed by atoms with Crippen LogP contribution in [0, 0.1) is 13.8 Å². The standard InChI is InChI=1S/C18H23N5O2S/c1-12-7-3-4-8-14(12)23-13(2)20-21-18(23)26-11-16(24)22-10-6-5-9-15(22)17(19)25/h3-4,7-8,15H,5-6,9-11H2,1-2H3,(H2,19,25). The zero-order valence-electron chi connectivity index (χ0n) is 15.0. The van der Waals surface area contributed by atoms with Crippen molar-refractivity contribution in [1.29, 1.82) is 0 Å². The first-order valence-corrected chi connectivity index (χ1v) is 9.67. The highest BCUT2D eigenvalue weighted by molar-refractivity contribution is 7.99. The summed E-state index contributed by atoms with van der Waals surface area (Å²) >= 11 is 1.33. The predicted molar refractivity (Wildman–Crippen MR) is 100 cm³/mol. The molecule has 0 radical (unpaired) electrons. The second-order valence-electron chi connectivity index (χ2n) is 6.44. The number of nitrogens with zero attached hydrogens (tertiary/aromatic N) is 4. The summed E-state index contributed by atoms with van der Waals surface area (Å²) in [6.45, 7) is 4.50. The largest absolute Gasteiger partial charge is 0.368 e. The molecule has 2 N–H and O–H groups in total. The lowest BCUT2D eigenvalue weighted by Gasteiger charge is -2.33. The molecule has 2 aromatic rings. The number of carbonyl (C=O) groups is 2. The summed E-state index contributed by atoms with van der Waals surface area (Å²) in [5.41, 5.74) is 7.56. The van der Waals surface area contributed by atoms with Crippen LogP contribution in [0.4, 0.5) is 0 Å². The molecule has 0 saturated carbocycles. The Balaban J connectivity index is 1.75. The van der Waals surface area contributed by atoms with E-state index in [0.29, 0.717) is 18.1 Å². The molecule has 7 nitrogen and oxygen atoms in total. The van der Waals surface area contributed by atoms with Crippen LogP contribution < -0.4 is 5.73 Å². The van der Waals surface area contributed by atoms with Gasteiger partial charge in [-0.15, -0.1) is 10.2 Å². The van der Waals surface area contributed by atoms with E-state index in [1.807, 2.05) is 42.7 Å². The van der Waals surface area contributed by atoms with Gasteiger partial charge in [-0.3, -0.25) is 14.2 Å². The number of hydrogen-bond donors (Lipinski definition) is 1. The van der Waals surface area contributed by atoms with Crippen LogP contribution in [0.25, 0.3) is 5.69 Å². The van der Waals surface area contributed by atoms with Crippen LogP contribution in [-0.2, 0) is 9.59 Å². The third-order valence-electron chi connectivity index (χ3n) is 4.63. The summed E-state index contributed by atoms with van der Waals surface area (Å²) < 4.78 is 1.95. The van der Waals surface area contributed by atoms with Crippen LogP contribution in [0.1, 0.15) is 30.7 Å². The predicted octanol–water partition coefficient (Wildman–Crippen LogP) is 1.84. The third kappa shape index (κ3) is 3.75. The Hall–Kier alpha value is -2.35. The summed E-state index contributed by atoms with van der Waals surface area (Å²) in [5, 5.41) is 9.04. The quantitative estimate of drug-likeness (QED) is 0.807. The maximum Gasteiger partial charge on any atom is 0.240 e. The number of aromatic nitrogens is 3. The Kier molecular flexibility index (Phi) is 5.61. The average Bonchev–Trinajstić information content (AvgIpc) is 3.00. The van der Waals surface area contributed by atoms with Gasteiger partial charge in [0.25, 0.3) is 0 Å². The van der Waals surface area contributed by atoms with Gasteiger partial charge in [-0.2, -0.15) is 0 Å². The zero-order chi connectivity index (χ0) is 18.7. The van der Waals surface area contributed by atoms with Crippen LogP contribution in [0.5, 0.6) is 0 Å². The van der Waals surface area contributed by atoms with E-state index < -0.39 is 11.9 Å². The fourth-order valence-electron chi connectivity index (χ4n) is 3.26. The molecule has 2 heterocycles. The Bertz CT molecular complexity index is 820. The molecule has 2 amide bonds. The lowest BCUT2D eigenvalue weighted by Crippen LogP contribution is -2.51. The van der Waals surface area contributed by atoms with Crippen molar-refractivity contribution in [2.75, 3.05) is 12.3 Å². The summed E-state index contributed by atoms with van der Waals surface area (Å²) in [6.07, 6.45) is 2.47. The van der Waals surface area contributed by atoms with Crippen LogP contribution in [0.2, 0.25) is 0 Å². The molecule has 3 rings (SSSR count). The molecule has 1 aliphatic rings. The highest BCUT2D eigenvalue weighted by Crippen LogP contribution is 2.25. The van der Waals surface area contributed by atoms with E-state index in [2.05, 4.69) is 10.2 Å². The van der Waals surface area contributed by atoms with E-state index >= 15 is 0 Å². The average molecular weight is 373 g/mol. The molecule has 1 unspecified atom stereocenters. The number of benzene rings is 1. The van der Waals surface area contributed by atoms with E-state index in [1.165, 1.54) is 11.8 Å². The number of piperidine rings is 1. The first kappa shape index (κ1) is 18.4. The maximum absolute atomic E-state index is 12.6. The first-order valence-electron chi connectivity index (χ1n) is 8.68. The first-order chi connectivity index (χ1) is 12.5. The molecule has 1 aliphatic heterocycles. The van der Waals surface area contributed by atoms with Gasteiger partial charge in [-0.1, -0.05) is 30.0 Å². The van der Waals surface area contributed by atoms with Gasteiger partial charge >= 0.3 is 0 Å². The Morgan fingerprint density at radius 1 is 1.23 bits per heavy atom. The Morgan fingerprint density at radius 2 is 2.00 bits per heavy atom. The summed E-state index contributed by atoms with van der Waals surface area (Å²) in [5.74, 6) is 0.452. The minimum absolute atomic E-state index is 0.0875. The van der Waals surface area contributed by atoms with Crippen molar-refractivity contribution in [3.63, 3.8) is 0 Å². The van der Waals surface area contributed by atoms with Gasteiger partial charge in [0.15, 0.2) is 5.16 Å². The van der Waals surface area contributed by atoms with E-state index in [1.54, 1.807) is 4.90 Å². The van der Waals surface area contributed by atoms with E-state index in [4.69, 9.17) is 5.73 Å². The van der Waals surface area contributed by atoms with Gasteiger partial charge in [0, 0.05) is 6.54 Å². The highest BCUT2D eigenvalue weighted by Gasteiger charge is 2.30. The summed E-state index contributed by atoms with van der Waals surface area (Å²) in [4.78, 5) is 25.9. The fourth-order valence-corrected chi connectivity index (χ4v) is 4.14. The third-order valence-corrected chi connectivity index (χ3v) is 5.54. The zero-order valence-corrected chi connectivity index (χ0v) is 15.8. The molecule has 0 aliphatic carbocycles. The van der Waals surface area contributed by atoms with Gasteiger partial charge in [0.1, 0.15) is 11.9 Å². The van der Waals surface area contributed by atoms with E-state index in [9.17, 15) is 9.59 Å². The number of rotatable bonds is 5. The molecular formula is C18H23N5O2S. The fraction of sp³-hybridized carbons (Fsp3) is 0.444. The van der Waals surface area contributed by atoms with Gasteiger partial charge in [0.05, 0.1) is 11.4 Å². The number of para-hydroxylation sites is 1. The number of aryl methyl sites for hydroxylation is 2. The van der Waals surface area contributed by atoms with Crippen molar-refractivity contribution >= 4 is 23.6 Å². The molecule has 26 heavy (non-hydrogen) atoms. The Labute approximate surface area is 157 Å². The van der Waals surface area contributed by atoms with Gasteiger partial charge in [-0.25, -0.2) is 0 Å². The summed E-state index contributed by atoms with van der Waals surface area (Å²) in [6, 6.07) is 7.49. The lowest BCUT2D eigenvalue weighted by atomic mass is 10.0. The van der Waals surface area contributed by atoms with Gasteiger partial charge in [-0.05, 0) is 44.7 Å². The van der Waals surface area contributed by atoms with E-state index in [0.717, 1.165) is 29.9 Å². The van der Waals surface area contributed by atoms with Crippen LogP contribution in [0.3, 0.4) is 0 Å². The van der Waals surface area contributed by atoms with Gasteiger partial charge < -0.3 is 10.6 Å². The number of likely N-dealkylation sites (tertiary alicyclic amines) is 1. The molecule has 1 aromatic heterocycles. The lowest BCUT2D eigenvalue weighted by molar-refractivity contribution is -0.138. The van der Waals surface area contributed by atoms with Gasteiger partial charge in [0.2, 0.25) is 11.8 Å². The van der Waals surface area contributed by atoms with E-state index in [-0.39, 0.29) is 11.7 Å². The number of nitrogens with two attached hydrogens (primary N) is 1. The van der Waals surface area contributed by atoms with Crippen LogP contribution in [-0.4, -0.2) is 49.8 Å². The number of hydrogen-bond acceptors (Lipinski definition) is 5. The number of carbonyl (C=O) groups excluding carboxylic acids is 2.